The third kappa shape index (κ3) is 4.61. The van der Waals surface area contributed by atoms with Crippen LogP contribution in [0.25, 0.3) is 0 Å². The first-order valence-corrected chi connectivity index (χ1v) is 7.77. The van der Waals surface area contributed by atoms with Crippen LogP contribution in [-0.2, 0) is 17.7 Å². The maximum absolute atomic E-state index is 10.3. The molecule has 2 rings (SSSR count). The minimum Gasteiger partial charge on any atom is -0.390 e. The Labute approximate surface area is 133 Å². The summed E-state index contributed by atoms with van der Waals surface area (Å²) in [7, 11) is 3.34. The van der Waals surface area contributed by atoms with E-state index in [0.717, 1.165) is 19.5 Å². The van der Waals surface area contributed by atoms with Crippen molar-refractivity contribution < 1.29 is 9.84 Å². The molecule has 1 aliphatic rings. The Balaban J connectivity index is 1.82. The Morgan fingerprint density at radius 1 is 1.45 bits per heavy atom. The van der Waals surface area contributed by atoms with Crippen LogP contribution in [0, 0.1) is 0 Å². The molecule has 1 unspecified atom stereocenters. The van der Waals surface area contributed by atoms with Crippen LogP contribution < -0.4 is 5.32 Å². The SMILES string of the molecule is CN=CC(C)(NC[C@H](O)CN1CCc2ccccc2C1)OC. The van der Waals surface area contributed by atoms with Crippen molar-refractivity contribution in [3.63, 3.8) is 0 Å². The van der Waals surface area contributed by atoms with Crippen LogP contribution in [0.4, 0.5) is 0 Å². The third-order valence-corrected chi connectivity index (χ3v) is 4.17. The second kappa shape index (κ2) is 7.83. The van der Waals surface area contributed by atoms with Gasteiger partial charge in [-0.25, -0.2) is 0 Å². The summed E-state index contributed by atoms with van der Waals surface area (Å²) in [4.78, 5) is 6.29. The molecule has 0 saturated heterocycles. The lowest BCUT2D eigenvalue weighted by Gasteiger charge is -2.32. The molecule has 5 nitrogen and oxygen atoms in total. The van der Waals surface area contributed by atoms with Crippen molar-refractivity contribution in [1.29, 1.82) is 0 Å². The van der Waals surface area contributed by atoms with E-state index in [4.69, 9.17) is 4.74 Å². The van der Waals surface area contributed by atoms with Crippen LogP contribution in [0.2, 0.25) is 0 Å². The lowest BCUT2D eigenvalue weighted by molar-refractivity contribution is 0.0217. The molecule has 2 atom stereocenters. The number of hydrogen-bond acceptors (Lipinski definition) is 5. The third-order valence-electron chi connectivity index (χ3n) is 4.17. The predicted octanol–water partition coefficient (Wildman–Crippen LogP) is 1.06. The molecule has 0 spiro atoms. The second-order valence-corrected chi connectivity index (χ2v) is 5.99. The summed E-state index contributed by atoms with van der Waals surface area (Å²) in [6.07, 6.45) is 2.32. The molecule has 0 radical (unpaired) electrons. The normalized spacial score (nSPS) is 19.8. The fourth-order valence-corrected chi connectivity index (χ4v) is 2.81. The molecule has 0 aliphatic carbocycles. The summed E-state index contributed by atoms with van der Waals surface area (Å²) in [6.45, 7) is 4.92. The maximum Gasteiger partial charge on any atom is 0.151 e. The van der Waals surface area contributed by atoms with Gasteiger partial charge in [0, 0.05) is 46.6 Å². The number of benzene rings is 1. The van der Waals surface area contributed by atoms with Gasteiger partial charge in [0.15, 0.2) is 5.72 Å². The van der Waals surface area contributed by atoms with E-state index >= 15 is 0 Å². The number of methoxy groups -OCH3 is 1. The quantitative estimate of drug-likeness (QED) is 0.584. The molecule has 0 fully saturated rings. The number of hydrogen-bond donors (Lipinski definition) is 2. The number of nitrogens with zero attached hydrogens (tertiary/aromatic N) is 2. The van der Waals surface area contributed by atoms with E-state index < -0.39 is 11.8 Å². The molecule has 1 aromatic rings. The van der Waals surface area contributed by atoms with Crippen molar-refractivity contribution >= 4 is 6.21 Å². The van der Waals surface area contributed by atoms with Gasteiger partial charge in [0.2, 0.25) is 0 Å². The van der Waals surface area contributed by atoms with Gasteiger partial charge in [-0.2, -0.15) is 0 Å². The maximum atomic E-state index is 10.3. The van der Waals surface area contributed by atoms with Gasteiger partial charge < -0.3 is 9.84 Å². The fourth-order valence-electron chi connectivity index (χ4n) is 2.81. The molecule has 1 aromatic carbocycles. The van der Waals surface area contributed by atoms with Gasteiger partial charge in [0.1, 0.15) is 0 Å². The smallest absolute Gasteiger partial charge is 0.151 e. The second-order valence-electron chi connectivity index (χ2n) is 5.99. The number of rotatable bonds is 7. The Morgan fingerprint density at radius 3 is 2.86 bits per heavy atom. The van der Waals surface area contributed by atoms with Gasteiger partial charge in [0.05, 0.1) is 6.10 Å². The minimum absolute atomic E-state index is 0.440. The van der Waals surface area contributed by atoms with Gasteiger partial charge >= 0.3 is 0 Å². The molecule has 1 aliphatic heterocycles. The highest BCUT2D eigenvalue weighted by Crippen LogP contribution is 2.18. The van der Waals surface area contributed by atoms with E-state index in [2.05, 4.69) is 39.5 Å². The fraction of sp³-hybridized carbons (Fsp3) is 0.588. The van der Waals surface area contributed by atoms with E-state index in [1.165, 1.54) is 11.1 Å². The number of nitrogens with one attached hydrogen (secondary N) is 1. The zero-order valence-corrected chi connectivity index (χ0v) is 13.7. The van der Waals surface area contributed by atoms with E-state index in [9.17, 15) is 5.11 Å². The Morgan fingerprint density at radius 2 is 2.18 bits per heavy atom. The highest BCUT2D eigenvalue weighted by molar-refractivity contribution is 5.67. The van der Waals surface area contributed by atoms with Gasteiger partial charge in [-0.1, -0.05) is 24.3 Å². The molecule has 122 valence electrons. The number of aliphatic imine (C=N–C) groups is 1. The molecule has 0 bridgehead atoms. The summed E-state index contributed by atoms with van der Waals surface area (Å²) in [5.74, 6) is 0. The lowest BCUT2D eigenvalue weighted by atomic mass is 10.00. The van der Waals surface area contributed by atoms with Crippen LogP contribution in [0.5, 0.6) is 0 Å². The van der Waals surface area contributed by atoms with E-state index in [1.54, 1.807) is 20.4 Å². The standard InChI is InChI=1S/C17H27N3O2/c1-17(22-3,13-18-2)19-10-16(21)12-20-9-8-14-6-4-5-7-15(14)11-20/h4-7,13,16,19,21H,8-12H2,1-3H3/t16-,17?/m0/s1. The van der Waals surface area contributed by atoms with Crippen molar-refractivity contribution in [2.75, 3.05) is 33.8 Å². The van der Waals surface area contributed by atoms with Gasteiger partial charge in [-0.3, -0.25) is 15.2 Å². The van der Waals surface area contributed by atoms with E-state index in [-0.39, 0.29) is 0 Å². The summed E-state index contributed by atoms with van der Waals surface area (Å²) in [6, 6.07) is 8.53. The first-order chi connectivity index (χ1) is 10.6. The summed E-state index contributed by atoms with van der Waals surface area (Å²) < 4.78 is 5.38. The lowest BCUT2D eigenvalue weighted by Crippen LogP contribution is -2.50. The molecule has 0 amide bonds. The number of aliphatic hydroxyl groups excluding tert-OH is 1. The Hall–Kier alpha value is -1.27. The van der Waals surface area contributed by atoms with Crippen LogP contribution in [0.15, 0.2) is 29.3 Å². The van der Waals surface area contributed by atoms with Gasteiger partial charge in [0.25, 0.3) is 0 Å². The summed E-state index contributed by atoms with van der Waals surface area (Å²) >= 11 is 0. The molecule has 0 saturated carbocycles. The van der Waals surface area contributed by atoms with Crippen molar-refractivity contribution in [2.45, 2.75) is 31.7 Å². The van der Waals surface area contributed by atoms with E-state index in [0.29, 0.717) is 13.1 Å². The Bertz CT molecular complexity index is 506. The molecule has 5 heteroatoms. The first kappa shape index (κ1) is 17.1. The molecule has 1 heterocycles. The minimum atomic E-state index is -0.635. The summed E-state index contributed by atoms with van der Waals surface area (Å²) in [5, 5.41) is 13.5. The summed E-state index contributed by atoms with van der Waals surface area (Å²) in [5.41, 5.74) is 2.16. The van der Waals surface area contributed by atoms with Crippen molar-refractivity contribution in [3.05, 3.63) is 35.4 Å². The zero-order chi connectivity index (χ0) is 16.0. The topological polar surface area (TPSA) is 57.1 Å². The molecular weight excluding hydrogens is 278 g/mol. The number of fused-ring (bicyclic) bond motifs is 1. The van der Waals surface area contributed by atoms with E-state index in [1.807, 2.05) is 6.92 Å². The zero-order valence-electron chi connectivity index (χ0n) is 13.7. The van der Waals surface area contributed by atoms with Crippen molar-refractivity contribution in [3.8, 4) is 0 Å². The number of aliphatic hydroxyl groups is 1. The van der Waals surface area contributed by atoms with Gasteiger partial charge in [-0.05, 0) is 24.5 Å². The van der Waals surface area contributed by atoms with Crippen molar-refractivity contribution in [2.24, 2.45) is 4.99 Å². The Kier molecular flexibility index (Phi) is 6.08. The largest absolute Gasteiger partial charge is 0.390 e. The van der Waals surface area contributed by atoms with Crippen LogP contribution >= 0.6 is 0 Å². The average Bonchev–Trinajstić information content (AvgIpc) is 2.53. The first-order valence-electron chi connectivity index (χ1n) is 7.77. The highest BCUT2D eigenvalue weighted by atomic mass is 16.5. The monoisotopic (exact) mass is 305 g/mol. The van der Waals surface area contributed by atoms with Crippen LogP contribution in [-0.4, -0.2) is 61.8 Å². The molecule has 22 heavy (non-hydrogen) atoms. The van der Waals surface area contributed by atoms with Crippen molar-refractivity contribution in [1.82, 2.24) is 10.2 Å². The number of ether oxygens (including phenoxy) is 1. The molecule has 2 N–H and O–H groups in total. The number of β-amino-alcohol motifs (C(OH)–C–C–N with tert-alkyl or cyclic N) is 1. The highest BCUT2D eigenvalue weighted by Gasteiger charge is 2.23. The average molecular weight is 305 g/mol. The van der Waals surface area contributed by atoms with Gasteiger partial charge in [-0.15, -0.1) is 0 Å². The molecule has 0 aromatic heterocycles. The predicted molar refractivity (Wildman–Crippen MR) is 89.3 cm³/mol. The molecular formula is C17H27N3O2. The van der Waals surface area contributed by atoms with Crippen LogP contribution in [0.3, 0.4) is 0 Å². The van der Waals surface area contributed by atoms with Crippen LogP contribution in [0.1, 0.15) is 18.1 Å².